The molecule has 0 spiro atoms. The Morgan fingerprint density at radius 3 is 2.31 bits per heavy atom. The van der Waals surface area contributed by atoms with Gasteiger partial charge in [-0.25, -0.2) is 0 Å². The summed E-state index contributed by atoms with van der Waals surface area (Å²) < 4.78 is 5.17. The van der Waals surface area contributed by atoms with Crippen molar-refractivity contribution in [1.82, 2.24) is 4.90 Å². The Labute approximate surface area is 209 Å². The fourth-order valence-corrected chi connectivity index (χ4v) is 4.85. The fraction of sp³-hybridized carbons (Fsp3) is 0.222. The molecular weight excluding hydrogens is 460 g/mol. The predicted molar refractivity (Wildman–Crippen MR) is 141 cm³/mol. The van der Waals surface area contributed by atoms with Gasteiger partial charge in [0.1, 0.15) is 11.8 Å². The summed E-state index contributed by atoms with van der Waals surface area (Å²) in [6, 6.07) is 22.3. The molecule has 1 fully saturated rings. The molecule has 2 aliphatic heterocycles. The van der Waals surface area contributed by atoms with Gasteiger partial charge in [0.15, 0.2) is 5.11 Å². The Balaban J connectivity index is 1.29. The number of hydrogen-bond acceptors (Lipinski definition) is 4. The molecule has 2 heterocycles. The third-order valence-electron chi connectivity index (χ3n) is 6.39. The summed E-state index contributed by atoms with van der Waals surface area (Å²) in [5.74, 6) is 0.699. The summed E-state index contributed by atoms with van der Waals surface area (Å²) in [4.78, 5) is 30.0. The van der Waals surface area contributed by atoms with E-state index in [4.69, 9.17) is 17.0 Å². The number of carbonyl (C=O) groups is 2. The second kappa shape index (κ2) is 9.76. The van der Waals surface area contributed by atoms with Crippen LogP contribution in [-0.2, 0) is 11.3 Å². The predicted octanol–water partition coefficient (Wildman–Crippen LogP) is 4.66. The smallest absolute Gasteiger partial charge is 0.256 e. The van der Waals surface area contributed by atoms with E-state index >= 15 is 0 Å². The van der Waals surface area contributed by atoms with Crippen molar-refractivity contribution in [3.8, 4) is 5.75 Å². The normalized spacial score (nSPS) is 16.9. The van der Waals surface area contributed by atoms with E-state index in [1.807, 2.05) is 72.8 Å². The number of carbonyl (C=O) groups excluding carboxylic acids is 2. The first-order valence-corrected chi connectivity index (χ1v) is 12.0. The van der Waals surface area contributed by atoms with Gasteiger partial charge in [-0.2, -0.15) is 0 Å². The van der Waals surface area contributed by atoms with Gasteiger partial charge in [-0.15, -0.1) is 0 Å². The quantitative estimate of drug-likeness (QED) is 0.511. The van der Waals surface area contributed by atoms with Crippen LogP contribution in [0, 0.1) is 0 Å². The zero-order chi connectivity index (χ0) is 24.4. The third kappa shape index (κ3) is 4.70. The zero-order valence-electron chi connectivity index (χ0n) is 19.4. The number of amides is 2. The van der Waals surface area contributed by atoms with Crippen LogP contribution in [-0.4, -0.2) is 41.5 Å². The van der Waals surface area contributed by atoms with Crippen molar-refractivity contribution < 1.29 is 14.3 Å². The van der Waals surface area contributed by atoms with Gasteiger partial charge < -0.3 is 25.2 Å². The topological polar surface area (TPSA) is 73.9 Å². The van der Waals surface area contributed by atoms with Gasteiger partial charge in [0.25, 0.3) is 5.91 Å². The van der Waals surface area contributed by atoms with Gasteiger partial charge in [-0.1, -0.05) is 24.3 Å². The van der Waals surface area contributed by atoms with E-state index in [1.165, 1.54) is 0 Å². The molecule has 0 bridgehead atoms. The molecule has 0 aliphatic carbocycles. The van der Waals surface area contributed by atoms with E-state index in [9.17, 15) is 9.59 Å². The Hall–Kier alpha value is -3.91. The lowest BCUT2D eigenvalue weighted by Gasteiger charge is -2.26. The molecule has 5 rings (SSSR count). The SMILES string of the molecule is COc1ccc(NC(=S)Nc2ccc(CN3C(=O)C4CCCN4C(=O)c4ccccc43)cc2)cc1. The fourth-order valence-electron chi connectivity index (χ4n) is 4.62. The number of nitrogens with zero attached hydrogens (tertiary/aromatic N) is 2. The molecule has 8 heteroatoms. The largest absolute Gasteiger partial charge is 0.497 e. The first-order chi connectivity index (χ1) is 17.0. The lowest BCUT2D eigenvalue weighted by molar-refractivity contribution is -0.122. The summed E-state index contributed by atoms with van der Waals surface area (Å²) >= 11 is 5.43. The molecular formula is C27H26N4O3S. The van der Waals surface area contributed by atoms with E-state index in [2.05, 4.69) is 10.6 Å². The van der Waals surface area contributed by atoms with Crippen molar-refractivity contribution >= 4 is 46.2 Å². The highest BCUT2D eigenvalue weighted by Gasteiger charge is 2.41. The van der Waals surface area contributed by atoms with E-state index < -0.39 is 6.04 Å². The van der Waals surface area contributed by atoms with Gasteiger partial charge in [0.05, 0.1) is 24.9 Å². The molecule has 3 aromatic carbocycles. The lowest BCUT2D eigenvalue weighted by atomic mass is 10.1. The summed E-state index contributed by atoms with van der Waals surface area (Å²) in [6.07, 6.45) is 1.56. The van der Waals surface area contributed by atoms with Crippen molar-refractivity contribution in [3.63, 3.8) is 0 Å². The van der Waals surface area contributed by atoms with Crippen molar-refractivity contribution in [3.05, 3.63) is 83.9 Å². The molecule has 0 aromatic heterocycles. The van der Waals surface area contributed by atoms with Crippen LogP contribution in [0.3, 0.4) is 0 Å². The van der Waals surface area contributed by atoms with Crippen LogP contribution in [0.1, 0.15) is 28.8 Å². The van der Waals surface area contributed by atoms with Crippen LogP contribution in [0.2, 0.25) is 0 Å². The molecule has 3 aromatic rings. The minimum absolute atomic E-state index is 0.0205. The number of ether oxygens (including phenoxy) is 1. The van der Waals surface area contributed by atoms with E-state index in [1.54, 1.807) is 16.9 Å². The molecule has 1 atom stereocenters. The minimum atomic E-state index is -0.391. The van der Waals surface area contributed by atoms with Gasteiger partial charge in [-0.05, 0) is 79.2 Å². The Kier molecular flexibility index (Phi) is 6.37. The third-order valence-corrected chi connectivity index (χ3v) is 6.59. The molecule has 2 N–H and O–H groups in total. The zero-order valence-corrected chi connectivity index (χ0v) is 20.2. The summed E-state index contributed by atoms with van der Waals surface area (Å²) in [5.41, 5.74) is 3.90. The number of benzene rings is 3. The van der Waals surface area contributed by atoms with Crippen LogP contribution in [0.25, 0.3) is 0 Å². The van der Waals surface area contributed by atoms with Gasteiger partial charge in [0, 0.05) is 17.9 Å². The van der Waals surface area contributed by atoms with Crippen LogP contribution in [0.4, 0.5) is 17.1 Å². The standard InChI is InChI=1S/C27H26N4O3S/c1-34-21-14-12-20(13-15-21)29-27(35)28-19-10-8-18(9-11-19)17-31-23-6-3-2-5-22(23)25(32)30-16-4-7-24(30)26(31)33/h2-3,5-6,8-15,24H,4,7,16-17H2,1H3,(H2,28,29,35). The summed E-state index contributed by atoms with van der Waals surface area (Å²) in [7, 11) is 1.63. The van der Waals surface area contributed by atoms with Crippen LogP contribution in [0.5, 0.6) is 5.75 Å². The molecule has 35 heavy (non-hydrogen) atoms. The van der Waals surface area contributed by atoms with Crippen molar-refractivity contribution in [2.24, 2.45) is 0 Å². The van der Waals surface area contributed by atoms with E-state index in [-0.39, 0.29) is 11.8 Å². The summed E-state index contributed by atoms with van der Waals surface area (Å²) in [6.45, 7) is 1.02. The average Bonchev–Trinajstić information content (AvgIpc) is 3.35. The second-order valence-electron chi connectivity index (χ2n) is 8.60. The van der Waals surface area contributed by atoms with Crippen molar-refractivity contribution in [1.29, 1.82) is 0 Å². The number of nitrogens with one attached hydrogen (secondary N) is 2. The van der Waals surface area contributed by atoms with Gasteiger partial charge >= 0.3 is 0 Å². The van der Waals surface area contributed by atoms with E-state index in [0.717, 1.165) is 29.1 Å². The maximum absolute atomic E-state index is 13.5. The van der Waals surface area contributed by atoms with Gasteiger partial charge in [0.2, 0.25) is 5.91 Å². The number of fused-ring (bicyclic) bond motifs is 2. The van der Waals surface area contributed by atoms with Gasteiger partial charge in [-0.3, -0.25) is 9.59 Å². The lowest BCUT2D eigenvalue weighted by Crippen LogP contribution is -2.44. The molecule has 2 amide bonds. The number of hydrogen-bond donors (Lipinski definition) is 2. The Bertz CT molecular complexity index is 1260. The van der Waals surface area contributed by atoms with Crippen LogP contribution >= 0.6 is 12.2 Å². The minimum Gasteiger partial charge on any atom is -0.497 e. The molecule has 7 nitrogen and oxygen atoms in total. The molecule has 0 saturated carbocycles. The highest BCUT2D eigenvalue weighted by Crippen LogP contribution is 2.33. The number of methoxy groups -OCH3 is 1. The van der Waals surface area contributed by atoms with Crippen LogP contribution in [0.15, 0.2) is 72.8 Å². The first-order valence-electron chi connectivity index (χ1n) is 11.6. The number of rotatable bonds is 5. The van der Waals surface area contributed by atoms with Crippen LogP contribution < -0.4 is 20.3 Å². The highest BCUT2D eigenvalue weighted by molar-refractivity contribution is 7.80. The van der Waals surface area contributed by atoms with Crippen molar-refractivity contribution in [2.45, 2.75) is 25.4 Å². The summed E-state index contributed by atoms with van der Waals surface area (Å²) in [5, 5.41) is 6.80. The van der Waals surface area contributed by atoms with E-state index in [0.29, 0.717) is 35.9 Å². The molecule has 178 valence electrons. The monoisotopic (exact) mass is 486 g/mol. The first kappa shape index (κ1) is 22.9. The second-order valence-corrected chi connectivity index (χ2v) is 9.01. The average molecular weight is 487 g/mol. The Morgan fingerprint density at radius 1 is 0.971 bits per heavy atom. The van der Waals surface area contributed by atoms with Crippen molar-refractivity contribution in [2.75, 3.05) is 29.2 Å². The maximum atomic E-state index is 13.5. The molecule has 1 saturated heterocycles. The molecule has 1 unspecified atom stereocenters. The Morgan fingerprint density at radius 2 is 1.63 bits per heavy atom. The molecule has 0 radical (unpaired) electrons. The maximum Gasteiger partial charge on any atom is 0.256 e. The number of anilines is 3. The number of para-hydroxylation sites is 1. The number of thiocarbonyl (C=S) groups is 1. The highest BCUT2D eigenvalue weighted by atomic mass is 32.1. The molecule has 2 aliphatic rings.